The number of rotatable bonds is 3. The quantitative estimate of drug-likeness (QED) is 0.715. The zero-order chi connectivity index (χ0) is 17.6. The lowest BCUT2D eigenvalue weighted by Gasteiger charge is -2.29. The number of para-hydroxylation sites is 1. The summed E-state index contributed by atoms with van der Waals surface area (Å²) >= 11 is 0. The average Bonchev–Trinajstić information content (AvgIpc) is 3.20. The second kappa shape index (κ2) is 6.17. The van der Waals surface area contributed by atoms with Crippen LogP contribution in [-0.4, -0.2) is 20.0 Å². The summed E-state index contributed by atoms with van der Waals surface area (Å²) in [5.74, 6) is 1.73. The Kier molecular flexibility index (Phi) is 3.98. The van der Waals surface area contributed by atoms with Crippen molar-refractivity contribution in [3.8, 4) is 17.1 Å². The minimum absolute atomic E-state index is 0.529. The standard InChI is InChI=1S/C21H26N4/c1-13(2)17-11-10-14(3)19-20(17)22-23-21(19)18-12-15(4)25(24-18)16-8-6-5-7-9-16/h5-9,12-14,17H,10-11H2,1-4H3,(H,22,23)/t14-,17+/m0/s1. The highest BCUT2D eigenvalue weighted by molar-refractivity contribution is 5.63. The molecule has 0 aliphatic heterocycles. The molecule has 1 aromatic carbocycles. The Hall–Kier alpha value is -2.36. The summed E-state index contributed by atoms with van der Waals surface area (Å²) in [5.41, 5.74) is 6.92. The van der Waals surface area contributed by atoms with E-state index >= 15 is 0 Å². The molecule has 0 saturated carbocycles. The SMILES string of the molecule is Cc1cc(-c2n[nH]c3c2[C@@H](C)CC[C@@H]3C(C)C)nn1-c1ccccc1. The van der Waals surface area contributed by atoms with Crippen LogP contribution in [0.15, 0.2) is 36.4 Å². The van der Waals surface area contributed by atoms with E-state index in [1.165, 1.54) is 24.1 Å². The summed E-state index contributed by atoms with van der Waals surface area (Å²) in [5, 5.41) is 12.9. The van der Waals surface area contributed by atoms with Crippen LogP contribution in [0.25, 0.3) is 17.1 Å². The van der Waals surface area contributed by atoms with E-state index in [1.54, 1.807) is 0 Å². The van der Waals surface area contributed by atoms with Crippen LogP contribution in [0.2, 0.25) is 0 Å². The smallest absolute Gasteiger partial charge is 0.116 e. The topological polar surface area (TPSA) is 46.5 Å². The summed E-state index contributed by atoms with van der Waals surface area (Å²) in [4.78, 5) is 0. The molecule has 1 aliphatic rings. The lowest BCUT2D eigenvalue weighted by atomic mass is 9.75. The van der Waals surface area contributed by atoms with Gasteiger partial charge in [-0.2, -0.15) is 10.2 Å². The Bertz CT molecular complexity index is 873. The molecule has 2 heterocycles. The fraction of sp³-hybridized carbons (Fsp3) is 0.429. The predicted octanol–water partition coefficient (Wildman–Crippen LogP) is 5.21. The Labute approximate surface area is 149 Å². The highest BCUT2D eigenvalue weighted by Crippen LogP contribution is 2.44. The van der Waals surface area contributed by atoms with Crippen LogP contribution in [0.3, 0.4) is 0 Å². The van der Waals surface area contributed by atoms with Gasteiger partial charge in [0.05, 0.1) is 5.69 Å². The van der Waals surface area contributed by atoms with Gasteiger partial charge in [-0.25, -0.2) is 4.68 Å². The molecule has 0 fully saturated rings. The van der Waals surface area contributed by atoms with Gasteiger partial charge in [-0.05, 0) is 49.8 Å². The van der Waals surface area contributed by atoms with Crippen molar-refractivity contribution in [3.63, 3.8) is 0 Å². The van der Waals surface area contributed by atoms with E-state index in [0.717, 1.165) is 22.8 Å². The van der Waals surface area contributed by atoms with E-state index in [0.29, 0.717) is 17.8 Å². The molecular formula is C21H26N4. The van der Waals surface area contributed by atoms with E-state index < -0.39 is 0 Å². The fourth-order valence-electron chi connectivity index (χ4n) is 4.15. The molecule has 25 heavy (non-hydrogen) atoms. The first-order chi connectivity index (χ1) is 12.1. The summed E-state index contributed by atoms with van der Waals surface area (Å²) in [6, 6.07) is 12.4. The summed E-state index contributed by atoms with van der Waals surface area (Å²) in [7, 11) is 0. The molecule has 4 heteroatoms. The number of benzene rings is 1. The van der Waals surface area contributed by atoms with Crippen LogP contribution in [0.4, 0.5) is 0 Å². The minimum atomic E-state index is 0.529. The molecule has 1 aliphatic carbocycles. The van der Waals surface area contributed by atoms with Crippen LogP contribution in [0.5, 0.6) is 0 Å². The van der Waals surface area contributed by atoms with Gasteiger partial charge in [-0.1, -0.05) is 39.0 Å². The van der Waals surface area contributed by atoms with E-state index in [4.69, 9.17) is 10.2 Å². The average molecular weight is 334 g/mol. The van der Waals surface area contributed by atoms with Gasteiger partial charge in [0.2, 0.25) is 0 Å². The van der Waals surface area contributed by atoms with Crippen LogP contribution < -0.4 is 0 Å². The molecule has 4 rings (SSSR count). The maximum Gasteiger partial charge on any atom is 0.116 e. The number of nitrogens with zero attached hydrogens (tertiary/aromatic N) is 3. The number of aromatic amines is 1. The van der Waals surface area contributed by atoms with Gasteiger partial charge in [-0.3, -0.25) is 5.10 Å². The molecule has 1 N–H and O–H groups in total. The van der Waals surface area contributed by atoms with Crippen molar-refractivity contribution in [1.82, 2.24) is 20.0 Å². The van der Waals surface area contributed by atoms with Gasteiger partial charge in [0.15, 0.2) is 0 Å². The largest absolute Gasteiger partial charge is 0.281 e. The van der Waals surface area contributed by atoms with Gasteiger partial charge >= 0.3 is 0 Å². The van der Waals surface area contributed by atoms with Crippen molar-refractivity contribution >= 4 is 0 Å². The van der Waals surface area contributed by atoms with Gasteiger partial charge in [0.1, 0.15) is 11.4 Å². The molecule has 0 saturated heterocycles. The van der Waals surface area contributed by atoms with Crippen molar-refractivity contribution in [2.75, 3.05) is 0 Å². The van der Waals surface area contributed by atoms with Gasteiger partial charge in [0.25, 0.3) is 0 Å². The summed E-state index contributed by atoms with van der Waals surface area (Å²) in [6.45, 7) is 9.02. The molecule has 0 radical (unpaired) electrons. The molecule has 2 atom stereocenters. The molecule has 0 spiro atoms. The summed E-state index contributed by atoms with van der Waals surface area (Å²) < 4.78 is 2.00. The first kappa shape index (κ1) is 16.1. The van der Waals surface area contributed by atoms with E-state index in [-0.39, 0.29) is 0 Å². The maximum atomic E-state index is 4.87. The Morgan fingerprint density at radius 1 is 1.16 bits per heavy atom. The van der Waals surface area contributed by atoms with Crippen LogP contribution >= 0.6 is 0 Å². The van der Waals surface area contributed by atoms with Gasteiger partial charge in [0, 0.05) is 22.9 Å². The van der Waals surface area contributed by atoms with Crippen LogP contribution in [0, 0.1) is 12.8 Å². The van der Waals surface area contributed by atoms with E-state index in [2.05, 4.69) is 51.0 Å². The Morgan fingerprint density at radius 3 is 2.64 bits per heavy atom. The molecular weight excluding hydrogens is 308 g/mol. The molecule has 4 nitrogen and oxygen atoms in total. The van der Waals surface area contributed by atoms with Crippen LogP contribution in [-0.2, 0) is 0 Å². The second-order valence-corrected chi connectivity index (χ2v) is 7.65. The van der Waals surface area contributed by atoms with Crippen molar-refractivity contribution in [1.29, 1.82) is 0 Å². The first-order valence-corrected chi connectivity index (χ1v) is 9.27. The lowest BCUT2D eigenvalue weighted by Crippen LogP contribution is -2.16. The van der Waals surface area contributed by atoms with E-state index in [9.17, 15) is 0 Å². The van der Waals surface area contributed by atoms with Crippen molar-refractivity contribution < 1.29 is 0 Å². The summed E-state index contributed by atoms with van der Waals surface area (Å²) in [6.07, 6.45) is 2.46. The third-order valence-electron chi connectivity index (χ3n) is 5.54. The number of hydrogen-bond donors (Lipinski definition) is 1. The molecule has 0 amide bonds. The number of aromatic nitrogens is 4. The maximum absolute atomic E-state index is 4.87. The molecule has 3 aromatic rings. The third-order valence-corrected chi connectivity index (χ3v) is 5.54. The number of fused-ring (bicyclic) bond motifs is 1. The Morgan fingerprint density at radius 2 is 1.92 bits per heavy atom. The monoisotopic (exact) mass is 334 g/mol. The van der Waals surface area contributed by atoms with Gasteiger partial charge in [-0.15, -0.1) is 0 Å². The zero-order valence-electron chi connectivity index (χ0n) is 15.5. The number of aryl methyl sites for hydroxylation is 1. The number of H-pyrrole nitrogens is 1. The zero-order valence-corrected chi connectivity index (χ0v) is 15.5. The molecule has 130 valence electrons. The molecule has 0 unspecified atom stereocenters. The highest BCUT2D eigenvalue weighted by Gasteiger charge is 2.32. The van der Waals surface area contributed by atoms with E-state index in [1.807, 2.05) is 22.9 Å². The number of hydrogen-bond acceptors (Lipinski definition) is 2. The first-order valence-electron chi connectivity index (χ1n) is 9.27. The fourth-order valence-corrected chi connectivity index (χ4v) is 4.15. The predicted molar refractivity (Wildman–Crippen MR) is 101 cm³/mol. The normalized spacial score (nSPS) is 20.0. The Balaban J connectivity index is 1.80. The molecule has 0 bridgehead atoms. The molecule has 2 aromatic heterocycles. The van der Waals surface area contributed by atoms with Crippen molar-refractivity contribution in [3.05, 3.63) is 53.3 Å². The highest BCUT2D eigenvalue weighted by atomic mass is 15.3. The lowest BCUT2D eigenvalue weighted by molar-refractivity contribution is 0.403. The third kappa shape index (κ3) is 2.70. The number of nitrogens with one attached hydrogen (secondary N) is 1. The minimum Gasteiger partial charge on any atom is -0.281 e. The van der Waals surface area contributed by atoms with Crippen molar-refractivity contribution in [2.24, 2.45) is 5.92 Å². The van der Waals surface area contributed by atoms with Gasteiger partial charge < -0.3 is 0 Å². The van der Waals surface area contributed by atoms with Crippen molar-refractivity contribution in [2.45, 2.75) is 52.4 Å². The van der Waals surface area contributed by atoms with Crippen LogP contribution in [0.1, 0.15) is 62.4 Å². The second-order valence-electron chi connectivity index (χ2n) is 7.65.